The van der Waals surface area contributed by atoms with E-state index in [1.165, 1.54) is 44.9 Å². The summed E-state index contributed by atoms with van der Waals surface area (Å²) >= 11 is 0. The van der Waals surface area contributed by atoms with Gasteiger partial charge in [-0.1, -0.05) is 106 Å². The summed E-state index contributed by atoms with van der Waals surface area (Å²) in [6, 6.07) is 26.4. The lowest BCUT2D eigenvalue weighted by Crippen LogP contribution is -2.34. The number of ether oxygens (including phenoxy) is 3. The quantitative estimate of drug-likeness (QED) is 0.112. The van der Waals surface area contributed by atoms with Crippen LogP contribution in [0.3, 0.4) is 0 Å². The molecular formula is C35H49NO4. The fourth-order valence-electron chi connectivity index (χ4n) is 5.33. The lowest BCUT2D eigenvalue weighted by Gasteiger charge is -2.36. The third-order valence-corrected chi connectivity index (χ3v) is 7.68. The van der Waals surface area contributed by atoms with Gasteiger partial charge >= 0.3 is 0 Å². The van der Waals surface area contributed by atoms with Crippen molar-refractivity contribution in [1.29, 1.82) is 0 Å². The Bertz CT molecular complexity index is 1010. The number of benzene rings is 3. The minimum absolute atomic E-state index is 0.378. The van der Waals surface area contributed by atoms with Crippen molar-refractivity contribution in [2.24, 2.45) is 5.73 Å². The molecule has 1 atom stereocenters. The van der Waals surface area contributed by atoms with Gasteiger partial charge in [0.15, 0.2) is 0 Å². The van der Waals surface area contributed by atoms with Gasteiger partial charge in [0.25, 0.3) is 0 Å². The summed E-state index contributed by atoms with van der Waals surface area (Å²) in [5.41, 5.74) is 7.75. The van der Waals surface area contributed by atoms with E-state index < -0.39 is 5.60 Å². The number of aliphatic hydroxyl groups excluding tert-OH is 1. The van der Waals surface area contributed by atoms with Crippen LogP contribution in [0.2, 0.25) is 0 Å². The van der Waals surface area contributed by atoms with Gasteiger partial charge in [0, 0.05) is 0 Å². The molecule has 3 rings (SSSR count). The number of rotatable bonds is 20. The van der Waals surface area contributed by atoms with Crippen molar-refractivity contribution in [2.75, 3.05) is 27.4 Å². The number of aliphatic hydroxyl groups is 1. The predicted octanol–water partition coefficient (Wildman–Crippen LogP) is 7.62. The highest BCUT2D eigenvalue weighted by Crippen LogP contribution is 2.41. The fraction of sp³-hybridized carbons (Fsp3) is 0.486. The molecular weight excluding hydrogens is 498 g/mol. The maximum atomic E-state index is 10.8. The highest BCUT2D eigenvalue weighted by molar-refractivity contribution is 5.49. The maximum Gasteiger partial charge on any atom is 0.143 e. The first-order chi connectivity index (χ1) is 19.6. The number of unbranched alkanes of at least 4 members (excludes halogenated alkanes) is 8. The monoisotopic (exact) mass is 547 g/mol. The molecule has 0 aliphatic heterocycles. The Balaban J connectivity index is 1.65. The van der Waals surface area contributed by atoms with Gasteiger partial charge < -0.3 is 25.1 Å². The molecule has 0 saturated heterocycles. The zero-order chi connectivity index (χ0) is 28.5. The molecule has 3 N–H and O–H groups in total. The first-order valence-corrected chi connectivity index (χ1v) is 15.0. The Morgan fingerprint density at radius 1 is 0.600 bits per heavy atom. The molecule has 0 aromatic heterocycles. The summed E-state index contributed by atoms with van der Waals surface area (Å²) in [6.45, 7) is 1.24. The summed E-state index contributed by atoms with van der Waals surface area (Å²) in [5.74, 6) is 1.59. The predicted molar refractivity (Wildman–Crippen MR) is 164 cm³/mol. The fourth-order valence-corrected chi connectivity index (χ4v) is 5.33. The number of methoxy groups -OCH3 is 2. The average molecular weight is 548 g/mol. The summed E-state index contributed by atoms with van der Waals surface area (Å²) in [6.07, 6.45) is 12.1. The summed E-state index contributed by atoms with van der Waals surface area (Å²) in [7, 11) is 3.34. The van der Waals surface area contributed by atoms with Crippen molar-refractivity contribution >= 4 is 0 Å². The molecule has 0 aliphatic carbocycles. The first kappa shape index (κ1) is 31.7. The van der Waals surface area contributed by atoms with Gasteiger partial charge in [0.1, 0.15) is 17.1 Å². The van der Waals surface area contributed by atoms with Crippen LogP contribution in [-0.2, 0) is 10.3 Å². The molecule has 3 aromatic rings. The van der Waals surface area contributed by atoms with Gasteiger partial charge in [0.05, 0.1) is 26.9 Å². The van der Waals surface area contributed by atoms with Crippen molar-refractivity contribution in [2.45, 2.75) is 82.3 Å². The maximum absolute atomic E-state index is 10.8. The Kier molecular flexibility index (Phi) is 14.1. The summed E-state index contributed by atoms with van der Waals surface area (Å²) in [5, 5.41) is 10.8. The molecule has 0 saturated carbocycles. The number of hydrogen-bond donors (Lipinski definition) is 2. The Labute approximate surface area is 241 Å². The van der Waals surface area contributed by atoms with Crippen LogP contribution in [0.1, 0.15) is 87.3 Å². The molecule has 5 nitrogen and oxygen atoms in total. The average Bonchev–Trinajstić information content (AvgIpc) is 3.01. The van der Waals surface area contributed by atoms with Gasteiger partial charge in [-0.05, 0) is 66.8 Å². The summed E-state index contributed by atoms with van der Waals surface area (Å²) < 4.78 is 17.7. The van der Waals surface area contributed by atoms with E-state index in [9.17, 15) is 5.11 Å². The molecule has 218 valence electrons. The molecule has 0 spiro atoms. The molecule has 5 heteroatoms. The van der Waals surface area contributed by atoms with Gasteiger partial charge in [0.2, 0.25) is 0 Å². The van der Waals surface area contributed by atoms with Crippen LogP contribution in [-0.4, -0.2) is 38.6 Å². The molecule has 0 fully saturated rings. The van der Waals surface area contributed by atoms with E-state index in [1.807, 2.05) is 42.5 Å². The van der Waals surface area contributed by atoms with E-state index in [4.69, 9.17) is 19.9 Å². The number of hydrogen-bond acceptors (Lipinski definition) is 5. The van der Waals surface area contributed by atoms with Crippen LogP contribution in [0, 0.1) is 0 Å². The van der Waals surface area contributed by atoms with Crippen molar-refractivity contribution in [3.63, 3.8) is 0 Å². The van der Waals surface area contributed by atoms with E-state index in [-0.39, 0.29) is 6.10 Å². The van der Waals surface area contributed by atoms with Gasteiger partial charge in [-0.3, -0.25) is 0 Å². The SMILES string of the molecule is COc1ccc(C(OCCC(O)CCCCCCCCCCCN)(c2ccccc2)c2ccc(OC)cc2)cc1. The van der Waals surface area contributed by atoms with Gasteiger partial charge in [-0.15, -0.1) is 0 Å². The molecule has 0 radical (unpaired) electrons. The van der Waals surface area contributed by atoms with Crippen LogP contribution >= 0.6 is 0 Å². The minimum Gasteiger partial charge on any atom is -0.497 e. The smallest absolute Gasteiger partial charge is 0.143 e. The first-order valence-electron chi connectivity index (χ1n) is 15.0. The topological polar surface area (TPSA) is 73.9 Å². The molecule has 0 bridgehead atoms. The van der Waals surface area contributed by atoms with E-state index in [1.54, 1.807) is 14.2 Å². The molecule has 3 aromatic carbocycles. The van der Waals surface area contributed by atoms with E-state index >= 15 is 0 Å². The molecule has 0 amide bonds. The van der Waals surface area contributed by atoms with E-state index in [0.717, 1.165) is 54.0 Å². The number of nitrogens with two attached hydrogens (primary N) is 1. The van der Waals surface area contributed by atoms with Crippen molar-refractivity contribution in [3.05, 3.63) is 95.6 Å². The molecule has 1 unspecified atom stereocenters. The van der Waals surface area contributed by atoms with Crippen LogP contribution in [0.5, 0.6) is 11.5 Å². The standard InChI is InChI=1S/C35H49NO4/c1-38-33-22-18-30(19-23-33)35(29-15-11-10-12-16-29,31-20-24-34(39-2)25-21-31)40-28-26-32(37)17-13-8-6-4-3-5-7-9-14-27-36/h10-12,15-16,18-25,32,37H,3-9,13-14,17,26-28,36H2,1-2H3. The lowest BCUT2D eigenvalue weighted by molar-refractivity contribution is -0.00664. The van der Waals surface area contributed by atoms with Gasteiger partial charge in [-0.25, -0.2) is 0 Å². The van der Waals surface area contributed by atoms with Crippen LogP contribution in [0.25, 0.3) is 0 Å². The Morgan fingerprint density at radius 3 is 1.52 bits per heavy atom. The minimum atomic E-state index is -0.844. The second kappa shape index (κ2) is 17.8. The Morgan fingerprint density at radius 2 is 1.05 bits per heavy atom. The third-order valence-electron chi connectivity index (χ3n) is 7.68. The van der Waals surface area contributed by atoms with E-state index in [2.05, 4.69) is 36.4 Å². The van der Waals surface area contributed by atoms with Gasteiger partial charge in [-0.2, -0.15) is 0 Å². The molecule has 0 aliphatic rings. The zero-order valence-electron chi connectivity index (χ0n) is 24.5. The van der Waals surface area contributed by atoms with E-state index in [0.29, 0.717) is 13.0 Å². The third kappa shape index (κ3) is 9.36. The Hall–Kier alpha value is -2.86. The van der Waals surface area contributed by atoms with Crippen LogP contribution in [0.4, 0.5) is 0 Å². The van der Waals surface area contributed by atoms with Crippen molar-refractivity contribution in [1.82, 2.24) is 0 Å². The lowest BCUT2D eigenvalue weighted by atomic mass is 9.80. The van der Waals surface area contributed by atoms with Crippen molar-refractivity contribution < 1.29 is 19.3 Å². The van der Waals surface area contributed by atoms with Crippen LogP contribution < -0.4 is 15.2 Å². The second-order valence-electron chi connectivity index (χ2n) is 10.6. The molecule has 0 heterocycles. The second-order valence-corrected chi connectivity index (χ2v) is 10.6. The highest BCUT2D eigenvalue weighted by atomic mass is 16.5. The molecule has 40 heavy (non-hydrogen) atoms. The van der Waals surface area contributed by atoms with Crippen LogP contribution in [0.15, 0.2) is 78.9 Å². The summed E-state index contributed by atoms with van der Waals surface area (Å²) in [4.78, 5) is 0. The van der Waals surface area contributed by atoms with Crippen molar-refractivity contribution in [3.8, 4) is 11.5 Å². The zero-order valence-corrected chi connectivity index (χ0v) is 24.5. The highest BCUT2D eigenvalue weighted by Gasteiger charge is 2.37. The normalized spacial score (nSPS) is 12.3. The largest absolute Gasteiger partial charge is 0.497 e.